The second-order valence-electron chi connectivity index (χ2n) is 13.7. The van der Waals surface area contributed by atoms with Crippen LogP contribution in [0, 0.1) is 6.92 Å². The Morgan fingerprint density at radius 3 is 1.62 bits per heavy atom. The molecule has 3 aromatic rings. The zero-order chi connectivity index (χ0) is 48.4. The Morgan fingerprint density at radius 2 is 1.16 bits per heavy atom. The summed E-state index contributed by atoms with van der Waals surface area (Å²) in [6.07, 6.45) is -12.2. The summed E-state index contributed by atoms with van der Waals surface area (Å²) in [5.41, 5.74) is 7.33. The van der Waals surface area contributed by atoms with Crippen LogP contribution in [0.3, 0.4) is 0 Å². The maximum Gasteiger partial charge on any atom is 0.460 e. The Kier molecular flexibility index (Phi) is 15.2. The highest BCUT2D eigenvalue weighted by Gasteiger charge is 2.95. The number of benzene rings is 3. The number of rotatable bonds is 20. The minimum absolute atomic E-state index is 0.0156. The Bertz CT molecular complexity index is 2060. The summed E-state index contributed by atoms with van der Waals surface area (Å²) < 4.78 is 253. The molecule has 2 N–H and O–H groups in total. The van der Waals surface area contributed by atoms with E-state index < -0.39 is 97.3 Å². The van der Waals surface area contributed by atoms with Crippen LogP contribution in [0.25, 0.3) is 0 Å². The summed E-state index contributed by atoms with van der Waals surface area (Å²) in [4.78, 5) is 28.5. The van der Waals surface area contributed by atoms with E-state index in [4.69, 9.17) is 24.7 Å². The highest BCUT2D eigenvalue weighted by Crippen LogP contribution is 2.64. The first-order valence-electron chi connectivity index (χ1n) is 17.6. The fourth-order valence-electron chi connectivity index (χ4n) is 5.86. The van der Waals surface area contributed by atoms with E-state index in [1.165, 1.54) is 12.1 Å². The van der Waals surface area contributed by atoms with Crippen molar-refractivity contribution in [2.75, 3.05) is 33.7 Å². The number of amides is 1. The van der Waals surface area contributed by atoms with Crippen LogP contribution in [0.15, 0.2) is 60.7 Å². The van der Waals surface area contributed by atoms with E-state index in [1.54, 1.807) is 43.3 Å². The number of alkyl halides is 17. The van der Waals surface area contributed by atoms with Gasteiger partial charge in [-0.15, -0.1) is 0 Å². The number of esters is 1. The van der Waals surface area contributed by atoms with Gasteiger partial charge in [-0.3, -0.25) is 4.79 Å². The van der Waals surface area contributed by atoms with Gasteiger partial charge in [0, 0.05) is 30.7 Å². The number of aryl methyl sites for hydroxylation is 1. The molecule has 1 atom stereocenters. The standard InChI is InChI=1S/C38H35F17N2O6/c1-20-11-12-23(25(56)15-20)29(58)57(26(30(59)62-4)16-21-9-6-5-7-10-21)19-24-27(60-2)17-22(18-28(24)61-3)63-14-8-13-31(39,40)32(41,42)33(43,44)34(45,46)35(47,48)36(49,50)37(51,52)38(53,54)55/h5-7,9-12,15,17-18,26H,8,13-14,16,19,56H2,1-4H3/t26-/m0/s1. The molecule has 0 unspecified atom stereocenters. The molecular formula is C38H35F17N2O6. The number of hydrogen-bond donors (Lipinski definition) is 1. The fourth-order valence-corrected chi connectivity index (χ4v) is 5.86. The number of ether oxygens (including phenoxy) is 4. The summed E-state index contributed by atoms with van der Waals surface area (Å²) in [5.74, 6) is -59.7. The highest BCUT2D eigenvalue weighted by molar-refractivity contribution is 6.01. The van der Waals surface area contributed by atoms with Crippen molar-refractivity contribution >= 4 is 17.6 Å². The molecular weight excluding hydrogens is 903 g/mol. The lowest BCUT2D eigenvalue weighted by Crippen LogP contribution is -2.74. The van der Waals surface area contributed by atoms with E-state index in [2.05, 4.69) is 0 Å². The lowest BCUT2D eigenvalue weighted by Gasteiger charge is -2.42. The average molecular weight is 939 g/mol. The summed E-state index contributed by atoms with van der Waals surface area (Å²) in [6, 6.07) is 13.3. The number of anilines is 1. The van der Waals surface area contributed by atoms with Gasteiger partial charge in [-0.1, -0.05) is 36.4 Å². The van der Waals surface area contributed by atoms with Gasteiger partial charge in [-0.25, -0.2) is 4.79 Å². The molecule has 0 aliphatic heterocycles. The molecule has 3 rings (SSSR count). The molecule has 0 aliphatic rings. The largest absolute Gasteiger partial charge is 0.496 e. The fraction of sp³-hybridized carbons (Fsp3) is 0.474. The highest BCUT2D eigenvalue weighted by atomic mass is 19.4. The Hall–Kier alpha value is -5.39. The number of methoxy groups -OCH3 is 3. The van der Waals surface area contributed by atoms with Crippen LogP contribution in [0.4, 0.5) is 80.3 Å². The van der Waals surface area contributed by atoms with Crippen molar-refractivity contribution in [2.24, 2.45) is 0 Å². The smallest absolute Gasteiger partial charge is 0.460 e. The molecule has 63 heavy (non-hydrogen) atoms. The SMILES string of the molecule is COC(=O)[C@H](Cc1ccccc1)N(Cc1c(OC)cc(OCCCC(F)(F)C(F)(F)C(F)(F)C(F)(F)C(F)(F)C(F)(F)C(F)(F)C(F)(F)F)cc1OC)C(=O)c1ccc(C)cc1N. The van der Waals surface area contributed by atoms with Crippen LogP contribution >= 0.6 is 0 Å². The van der Waals surface area contributed by atoms with Crippen molar-refractivity contribution in [2.45, 2.75) is 86.4 Å². The lowest BCUT2D eigenvalue weighted by molar-refractivity contribution is -0.461. The average Bonchev–Trinajstić information content (AvgIpc) is 3.19. The Morgan fingerprint density at radius 1 is 0.667 bits per heavy atom. The van der Waals surface area contributed by atoms with Crippen LogP contribution in [0.1, 0.15) is 39.9 Å². The Balaban J connectivity index is 1.94. The number of nitrogen functional groups attached to an aromatic ring is 1. The topological polar surface area (TPSA) is 100 Å². The van der Waals surface area contributed by atoms with Crippen LogP contribution < -0.4 is 19.9 Å². The maximum absolute atomic E-state index is 14.5. The van der Waals surface area contributed by atoms with E-state index in [0.717, 1.165) is 38.4 Å². The number of carbonyl (C=O) groups excluding carboxylic acids is 2. The molecule has 0 heterocycles. The van der Waals surface area contributed by atoms with E-state index in [0.29, 0.717) is 11.1 Å². The number of nitrogens with zero attached hydrogens (tertiary/aromatic N) is 1. The third kappa shape index (κ3) is 9.60. The second kappa shape index (κ2) is 18.4. The first kappa shape index (κ1) is 52.0. The van der Waals surface area contributed by atoms with E-state index in [-0.39, 0.29) is 34.7 Å². The Labute approximate surface area is 346 Å². The molecule has 8 nitrogen and oxygen atoms in total. The van der Waals surface area contributed by atoms with Crippen LogP contribution in [0.5, 0.6) is 17.2 Å². The van der Waals surface area contributed by atoms with E-state index in [1.807, 2.05) is 0 Å². The molecule has 0 aliphatic carbocycles. The van der Waals surface area contributed by atoms with Crippen molar-refractivity contribution in [1.82, 2.24) is 4.90 Å². The van der Waals surface area contributed by atoms with Gasteiger partial charge in [-0.05, 0) is 36.6 Å². The van der Waals surface area contributed by atoms with E-state index in [9.17, 15) is 84.2 Å². The number of carbonyl (C=O) groups is 2. The van der Waals surface area contributed by atoms with Crippen molar-refractivity contribution in [3.8, 4) is 17.2 Å². The quantitative estimate of drug-likeness (QED) is 0.0521. The predicted octanol–water partition coefficient (Wildman–Crippen LogP) is 10.2. The molecule has 0 radical (unpaired) electrons. The number of halogens is 17. The van der Waals surface area contributed by atoms with Crippen molar-refractivity contribution in [1.29, 1.82) is 0 Å². The molecule has 0 fully saturated rings. The summed E-state index contributed by atoms with van der Waals surface area (Å²) in [6.45, 7) is -0.0953. The van der Waals surface area contributed by atoms with Gasteiger partial charge in [0.2, 0.25) is 0 Å². The first-order chi connectivity index (χ1) is 28.7. The monoisotopic (exact) mass is 938 g/mol. The molecule has 3 aromatic carbocycles. The van der Waals surface area contributed by atoms with Gasteiger partial charge in [-0.2, -0.15) is 74.6 Å². The van der Waals surface area contributed by atoms with Crippen molar-refractivity contribution in [3.05, 3.63) is 82.9 Å². The summed E-state index contributed by atoms with van der Waals surface area (Å²) in [5, 5.41) is 0. The molecule has 0 bridgehead atoms. The lowest BCUT2D eigenvalue weighted by atomic mass is 9.88. The molecule has 1 amide bonds. The molecule has 0 saturated heterocycles. The van der Waals surface area contributed by atoms with Gasteiger partial charge in [0.25, 0.3) is 5.91 Å². The third-order valence-electron chi connectivity index (χ3n) is 9.42. The third-order valence-corrected chi connectivity index (χ3v) is 9.42. The van der Waals surface area contributed by atoms with Crippen molar-refractivity contribution < 1.29 is 103 Å². The molecule has 0 saturated carbocycles. The molecule has 0 aromatic heterocycles. The summed E-state index contributed by atoms with van der Waals surface area (Å²) >= 11 is 0. The van der Waals surface area contributed by atoms with Gasteiger partial charge >= 0.3 is 53.6 Å². The summed E-state index contributed by atoms with van der Waals surface area (Å²) in [7, 11) is 3.19. The molecule has 25 heteroatoms. The van der Waals surface area contributed by atoms with E-state index >= 15 is 0 Å². The molecule has 352 valence electrons. The maximum atomic E-state index is 14.5. The van der Waals surface area contributed by atoms with Gasteiger partial charge < -0.3 is 29.6 Å². The van der Waals surface area contributed by atoms with Crippen LogP contribution in [-0.4, -0.2) is 98.4 Å². The van der Waals surface area contributed by atoms with Crippen LogP contribution in [0.2, 0.25) is 0 Å². The van der Waals surface area contributed by atoms with Gasteiger partial charge in [0.15, 0.2) is 0 Å². The van der Waals surface area contributed by atoms with Crippen LogP contribution in [-0.2, 0) is 22.5 Å². The zero-order valence-electron chi connectivity index (χ0n) is 32.8. The molecule has 0 spiro atoms. The minimum atomic E-state index is -8.73. The zero-order valence-corrected chi connectivity index (χ0v) is 32.8. The minimum Gasteiger partial charge on any atom is -0.496 e. The first-order valence-corrected chi connectivity index (χ1v) is 17.6. The predicted molar refractivity (Wildman–Crippen MR) is 186 cm³/mol. The number of nitrogens with two attached hydrogens (primary N) is 1. The number of hydrogen-bond acceptors (Lipinski definition) is 7. The van der Waals surface area contributed by atoms with Crippen molar-refractivity contribution in [3.63, 3.8) is 0 Å². The normalized spacial score (nSPS) is 13.9. The second-order valence-corrected chi connectivity index (χ2v) is 13.7. The van der Waals surface area contributed by atoms with Gasteiger partial charge in [0.05, 0.1) is 45.6 Å². The van der Waals surface area contributed by atoms with Gasteiger partial charge in [0.1, 0.15) is 23.3 Å².